The van der Waals surface area contributed by atoms with Crippen LogP contribution in [0.5, 0.6) is 0 Å². The lowest BCUT2D eigenvalue weighted by atomic mass is 10.1. The Kier molecular flexibility index (Phi) is 3.16. The van der Waals surface area contributed by atoms with E-state index >= 15 is 0 Å². The molecule has 22 heavy (non-hydrogen) atoms. The molecule has 1 N–H and O–H groups in total. The molecule has 5 nitrogen and oxygen atoms in total. The van der Waals surface area contributed by atoms with Crippen LogP contribution in [0.2, 0.25) is 0 Å². The number of nitrogens with zero attached hydrogens (tertiary/aromatic N) is 1. The van der Waals surface area contributed by atoms with Crippen LogP contribution in [-0.2, 0) is 10.9 Å². The van der Waals surface area contributed by atoms with E-state index in [9.17, 15) is 18.0 Å². The van der Waals surface area contributed by atoms with Gasteiger partial charge in [0, 0.05) is 5.39 Å². The fraction of sp³-hybridized carbons (Fsp3) is 0.143. The predicted molar refractivity (Wildman–Crippen MR) is 70.1 cm³/mol. The summed E-state index contributed by atoms with van der Waals surface area (Å²) in [4.78, 5) is 18.1. The Labute approximate surface area is 121 Å². The number of fused-ring (bicyclic) bond motifs is 1. The van der Waals surface area contributed by atoms with Crippen molar-refractivity contribution in [1.29, 1.82) is 0 Å². The summed E-state index contributed by atoms with van der Waals surface area (Å²) in [6.45, 7) is 0. The van der Waals surface area contributed by atoms with Crippen LogP contribution in [0.15, 0.2) is 34.9 Å². The van der Waals surface area contributed by atoms with Crippen molar-refractivity contribution >= 4 is 17.0 Å². The molecule has 114 valence electrons. The molecule has 0 aromatic carbocycles. The zero-order valence-corrected chi connectivity index (χ0v) is 11.2. The van der Waals surface area contributed by atoms with Gasteiger partial charge in [0.05, 0.1) is 18.9 Å². The molecule has 0 aliphatic heterocycles. The fourth-order valence-corrected chi connectivity index (χ4v) is 2.11. The van der Waals surface area contributed by atoms with Gasteiger partial charge >= 0.3 is 12.1 Å². The summed E-state index contributed by atoms with van der Waals surface area (Å²) in [5.74, 6) is -0.577. The van der Waals surface area contributed by atoms with Crippen LogP contribution in [0.4, 0.5) is 13.2 Å². The predicted octanol–water partition coefficient (Wildman–Crippen LogP) is 3.63. The molecule has 3 heterocycles. The van der Waals surface area contributed by atoms with Crippen molar-refractivity contribution in [3.05, 3.63) is 41.8 Å². The molecule has 3 rings (SSSR count). The molecule has 0 saturated carbocycles. The topological polar surface area (TPSA) is 68.1 Å². The minimum atomic E-state index is -4.60. The van der Waals surface area contributed by atoms with Crippen LogP contribution in [0, 0.1) is 0 Å². The standard InChI is InChI=1S/C14H9F3N2O3/c1-21-13(20)10-5-7-8(14(15,16)17)6-9(18-12(7)19-10)11-3-2-4-22-11/h2-6H,1H3,(H,18,19). The first-order valence-corrected chi connectivity index (χ1v) is 6.13. The highest BCUT2D eigenvalue weighted by Crippen LogP contribution is 2.37. The van der Waals surface area contributed by atoms with E-state index in [0.29, 0.717) is 0 Å². The largest absolute Gasteiger partial charge is 0.464 e. The molecular formula is C14H9F3N2O3. The zero-order chi connectivity index (χ0) is 15.9. The third kappa shape index (κ3) is 2.32. The van der Waals surface area contributed by atoms with Crippen LogP contribution in [0.25, 0.3) is 22.5 Å². The van der Waals surface area contributed by atoms with Crippen molar-refractivity contribution in [3.8, 4) is 11.5 Å². The average molecular weight is 310 g/mol. The number of aromatic nitrogens is 2. The van der Waals surface area contributed by atoms with Gasteiger partial charge in [0.1, 0.15) is 17.0 Å². The normalized spacial score (nSPS) is 11.8. The number of hydrogen-bond acceptors (Lipinski definition) is 4. The van der Waals surface area contributed by atoms with Gasteiger partial charge in [-0.05, 0) is 24.3 Å². The molecular weight excluding hydrogens is 301 g/mol. The lowest BCUT2D eigenvalue weighted by Crippen LogP contribution is -2.06. The van der Waals surface area contributed by atoms with Crippen LogP contribution >= 0.6 is 0 Å². The Morgan fingerprint density at radius 2 is 2.14 bits per heavy atom. The maximum atomic E-state index is 13.2. The third-order valence-electron chi connectivity index (χ3n) is 3.08. The van der Waals surface area contributed by atoms with Crippen molar-refractivity contribution in [2.45, 2.75) is 6.18 Å². The lowest BCUT2D eigenvalue weighted by Gasteiger charge is -2.09. The van der Waals surface area contributed by atoms with Crippen LogP contribution in [0.1, 0.15) is 16.1 Å². The molecule has 0 saturated heterocycles. The second-order valence-corrected chi connectivity index (χ2v) is 4.47. The lowest BCUT2D eigenvalue weighted by molar-refractivity contribution is -0.136. The Balaban J connectivity index is 2.28. The van der Waals surface area contributed by atoms with Gasteiger partial charge in [-0.25, -0.2) is 9.78 Å². The van der Waals surface area contributed by atoms with Crippen LogP contribution in [0.3, 0.4) is 0 Å². The Morgan fingerprint density at radius 1 is 1.36 bits per heavy atom. The first kappa shape index (κ1) is 14.2. The molecule has 0 aliphatic carbocycles. The molecule has 0 atom stereocenters. The molecule has 0 fully saturated rings. The molecule has 0 radical (unpaired) electrons. The molecule has 0 spiro atoms. The quantitative estimate of drug-likeness (QED) is 0.734. The Morgan fingerprint density at radius 3 is 2.73 bits per heavy atom. The summed E-state index contributed by atoms with van der Waals surface area (Å²) in [6.07, 6.45) is -3.26. The van der Waals surface area contributed by atoms with Gasteiger partial charge in [-0.2, -0.15) is 13.2 Å². The highest BCUT2D eigenvalue weighted by molar-refractivity contribution is 5.95. The van der Waals surface area contributed by atoms with Gasteiger partial charge in [-0.1, -0.05) is 0 Å². The van der Waals surface area contributed by atoms with E-state index in [1.54, 1.807) is 6.07 Å². The average Bonchev–Trinajstić information content (AvgIpc) is 3.12. The van der Waals surface area contributed by atoms with Crippen molar-refractivity contribution in [3.63, 3.8) is 0 Å². The molecule has 3 aromatic heterocycles. The van der Waals surface area contributed by atoms with E-state index in [4.69, 9.17) is 4.42 Å². The minimum absolute atomic E-state index is 0.0168. The Hall–Kier alpha value is -2.77. The number of carbonyl (C=O) groups excluding carboxylic acids is 1. The molecule has 0 unspecified atom stereocenters. The SMILES string of the molecule is COC(=O)c1cc2c(C(F)(F)F)cc(-c3ccco3)nc2[nH]1. The number of alkyl halides is 3. The smallest absolute Gasteiger partial charge is 0.417 e. The number of rotatable bonds is 2. The van der Waals surface area contributed by atoms with Gasteiger partial charge in [0.2, 0.25) is 0 Å². The number of ether oxygens (including phenoxy) is 1. The monoisotopic (exact) mass is 310 g/mol. The molecule has 3 aromatic rings. The van der Waals surface area contributed by atoms with Gasteiger partial charge < -0.3 is 14.1 Å². The van der Waals surface area contributed by atoms with Crippen molar-refractivity contribution in [1.82, 2.24) is 9.97 Å². The molecule has 0 bridgehead atoms. The van der Waals surface area contributed by atoms with Crippen LogP contribution < -0.4 is 0 Å². The number of halogens is 3. The first-order chi connectivity index (χ1) is 10.4. The summed E-state index contributed by atoms with van der Waals surface area (Å²) >= 11 is 0. The number of furan rings is 1. The van der Waals surface area contributed by atoms with E-state index in [1.165, 1.54) is 12.3 Å². The fourth-order valence-electron chi connectivity index (χ4n) is 2.11. The van der Waals surface area contributed by atoms with Gasteiger partial charge in [0.25, 0.3) is 0 Å². The van der Waals surface area contributed by atoms with E-state index in [0.717, 1.165) is 19.2 Å². The summed E-state index contributed by atoms with van der Waals surface area (Å²) in [5.41, 5.74) is -1.06. The number of H-pyrrole nitrogens is 1. The summed E-state index contributed by atoms with van der Waals surface area (Å²) in [5, 5.41) is -0.205. The van der Waals surface area contributed by atoms with Crippen LogP contribution in [-0.4, -0.2) is 23.0 Å². The Bertz CT molecular complexity index is 835. The number of methoxy groups -OCH3 is 1. The number of nitrogens with one attached hydrogen (secondary N) is 1. The van der Waals surface area contributed by atoms with E-state index < -0.39 is 17.7 Å². The molecule has 8 heteroatoms. The van der Waals surface area contributed by atoms with E-state index in [1.807, 2.05) is 0 Å². The number of pyridine rings is 1. The zero-order valence-electron chi connectivity index (χ0n) is 11.2. The molecule has 0 aliphatic rings. The minimum Gasteiger partial charge on any atom is -0.464 e. The van der Waals surface area contributed by atoms with Gasteiger partial charge in [-0.15, -0.1) is 0 Å². The number of aromatic amines is 1. The summed E-state index contributed by atoms with van der Waals surface area (Å²) < 4.78 is 49.3. The molecule has 0 amide bonds. The van der Waals surface area contributed by atoms with E-state index in [-0.39, 0.29) is 28.2 Å². The highest BCUT2D eigenvalue weighted by atomic mass is 19.4. The second-order valence-electron chi connectivity index (χ2n) is 4.47. The van der Waals surface area contributed by atoms with Crippen molar-refractivity contribution in [2.24, 2.45) is 0 Å². The van der Waals surface area contributed by atoms with Gasteiger partial charge in [0.15, 0.2) is 5.76 Å². The number of carbonyl (C=O) groups is 1. The van der Waals surface area contributed by atoms with Crippen molar-refractivity contribution in [2.75, 3.05) is 7.11 Å². The van der Waals surface area contributed by atoms with E-state index in [2.05, 4.69) is 14.7 Å². The summed E-state index contributed by atoms with van der Waals surface area (Å²) in [7, 11) is 1.14. The number of esters is 1. The summed E-state index contributed by atoms with van der Waals surface area (Å²) in [6, 6.07) is 5.00. The highest BCUT2D eigenvalue weighted by Gasteiger charge is 2.34. The maximum Gasteiger partial charge on any atom is 0.417 e. The first-order valence-electron chi connectivity index (χ1n) is 6.13. The third-order valence-corrected chi connectivity index (χ3v) is 3.08. The van der Waals surface area contributed by atoms with Gasteiger partial charge in [-0.3, -0.25) is 0 Å². The second kappa shape index (κ2) is 4.90. The maximum absolute atomic E-state index is 13.2. The van der Waals surface area contributed by atoms with Crippen molar-refractivity contribution < 1.29 is 27.1 Å². The number of hydrogen-bond donors (Lipinski definition) is 1.